The normalized spacial score (nSPS) is 12.8. The molecule has 0 aliphatic carbocycles. The lowest BCUT2D eigenvalue weighted by molar-refractivity contribution is -0.148. The van der Waals surface area contributed by atoms with E-state index in [1.165, 1.54) is 35.7 Å². The summed E-state index contributed by atoms with van der Waals surface area (Å²) in [6, 6.07) is 5.48. The van der Waals surface area contributed by atoms with E-state index in [1.54, 1.807) is 13.8 Å². The van der Waals surface area contributed by atoms with E-state index in [-0.39, 0.29) is 17.0 Å². The third kappa shape index (κ3) is 4.76. The first-order valence-electron chi connectivity index (χ1n) is 7.41. The summed E-state index contributed by atoms with van der Waals surface area (Å²) in [6.45, 7) is 4.02. The molecule has 2 N–H and O–H groups in total. The van der Waals surface area contributed by atoms with Crippen molar-refractivity contribution < 1.29 is 27.9 Å². The highest BCUT2D eigenvalue weighted by Gasteiger charge is 2.22. The molecule has 1 aromatic rings. The molecular weight excluding hydrogens is 336 g/mol. The average molecular weight is 358 g/mol. The molecule has 24 heavy (non-hydrogen) atoms. The van der Waals surface area contributed by atoms with Crippen LogP contribution in [0.4, 0.5) is 0 Å². The van der Waals surface area contributed by atoms with Crippen LogP contribution in [0, 0.1) is 0 Å². The molecule has 1 rings (SSSR count). The second-order valence-corrected chi connectivity index (χ2v) is 6.82. The first-order chi connectivity index (χ1) is 11.3. The maximum Gasteiger partial charge on any atom is 0.334 e. The highest BCUT2D eigenvalue weighted by molar-refractivity contribution is 7.89. The molecule has 1 unspecified atom stereocenters. The first-order valence-corrected chi connectivity index (χ1v) is 8.85. The first kappa shape index (κ1) is 20.1. The van der Waals surface area contributed by atoms with Gasteiger partial charge in [0.15, 0.2) is 6.10 Å². The van der Waals surface area contributed by atoms with Gasteiger partial charge in [-0.2, -0.15) is 4.31 Å². The number of nitrogens with zero attached hydrogens (tertiary/aromatic N) is 1. The summed E-state index contributed by atoms with van der Waals surface area (Å²) in [5.41, 5.74) is 0.230. The number of carbonyl (C=O) groups excluding carboxylic acids is 1. The number of carboxylic acids is 1. The van der Waals surface area contributed by atoms with E-state index >= 15 is 0 Å². The van der Waals surface area contributed by atoms with E-state index in [4.69, 9.17) is 9.84 Å². The molecule has 0 saturated heterocycles. The van der Waals surface area contributed by atoms with Gasteiger partial charge in [0.05, 0.1) is 11.4 Å². The third-order valence-corrected chi connectivity index (χ3v) is 5.53. The van der Waals surface area contributed by atoms with E-state index in [1.807, 2.05) is 0 Å². The highest BCUT2D eigenvalue weighted by Crippen LogP contribution is 2.16. The van der Waals surface area contributed by atoms with Crippen LogP contribution in [-0.2, 0) is 19.6 Å². The molecule has 0 aliphatic heterocycles. The number of carboxylic acid groups (broad SMARTS) is 1. The van der Waals surface area contributed by atoms with Crippen molar-refractivity contribution in [1.29, 1.82) is 0 Å². The average Bonchev–Trinajstić information content (AvgIpc) is 2.56. The molecule has 9 heteroatoms. The quantitative estimate of drug-likeness (QED) is 0.666. The van der Waals surface area contributed by atoms with Gasteiger partial charge in [-0.25, -0.2) is 13.2 Å². The van der Waals surface area contributed by atoms with Crippen LogP contribution >= 0.6 is 0 Å². The molecular formula is C15H22N2O6S. The van der Waals surface area contributed by atoms with Crippen molar-refractivity contribution in [3.05, 3.63) is 29.8 Å². The summed E-state index contributed by atoms with van der Waals surface area (Å²) < 4.78 is 30.7. The van der Waals surface area contributed by atoms with Crippen molar-refractivity contribution in [2.24, 2.45) is 0 Å². The minimum absolute atomic E-state index is 0.100. The van der Waals surface area contributed by atoms with Crippen molar-refractivity contribution in [1.82, 2.24) is 9.62 Å². The van der Waals surface area contributed by atoms with Gasteiger partial charge in [-0.3, -0.25) is 4.79 Å². The number of nitrogens with one attached hydrogen (secondary N) is 1. The Bertz CT molecular complexity index is 668. The SMILES string of the molecule is CCN(CC)S(=O)(=O)c1ccc(C(=O)NCC(OC)C(=O)O)cc1. The molecule has 134 valence electrons. The Hall–Kier alpha value is -1.97. The maximum absolute atomic E-state index is 12.3. The number of carbonyl (C=O) groups is 2. The smallest absolute Gasteiger partial charge is 0.334 e. The number of rotatable bonds is 9. The second kappa shape index (κ2) is 8.76. The summed E-state index contributed by atoms with van der Waals surface area (Å²) in [5.74, 6) is -1.69. The van der Waals surface area contributed by atoms with Gasteiger partial charge < -0.3 is 15.2 Å². The topological polar surface area (TPSA) is 113 Å². The Balaban J connectivity index is 2.84. The third-order valence-electron chi connectivity index (χ3n) is 3.47. The van der Waals surface area contributed by atoms with Crippen LogP contribution in [0.15, 0.2) is 29.2 Å². The molecule has 0 spiro atoms. The number of hydrogen-bond donors (Lipinski definition) is 2. The van der Waals surface area contributed by atoms with Crippen LogP contribution in [0.1, 0.15) is 24.2 Å². The monoisotopic (exact) mass is 358 g/mol. The predicted molar refractivity (Wildman–Crippen MR) is 87.3 cm³/mol. The molecule has 0 radical (unpaired) electrons. The molecule has 0 heterocycles. The Kier molecular flexibility index (Phi) is 7.33. The number of methoxy groups -OCH3 is 1. The molecule has 1 atom stereocenters. The fraction of sp³-hybridized carbons (Fsp3) is 0.467. The van der Waals surface area contributed by atoms with E-state index < -0.39 is 28.0 Å². The van der Waals surface area contributed by atoms with E-state index in [0.717, 1.165) is 0 Å². The van der Waals surface area contributed by atoms with Crippen LogP contribution in [0.2, 0.25) is 0 Å². The minimum atomic E-state index is -3.58. The number of ether oxygens (including phenoxy) is 1. The Morgan fingerprint density at radius 3 is 2.17 bits per heavy atom. The highest BCUT2D eigenvalue weighted by atomic mass is 32.2. The summed E-state index contributed by atoms with van der Waals surface area (Å²) in [7, 11) is -2.35. The fourth-order valence-electron chi connectivity index (χ4n) is 2.05. The molecule has 0 saturated carbocycles. The lowest BCUT2D eigenvalue weighted by Crippen LogP contribution is -2.37. The lowest BCUT2D eigenvalue weighted by Gasteiger charge is -2.18. The van der Waals surface area contributed by atoms with E-state index in [2.05, 4.69) is 5.32 Å². The zero-order valence-corrected chi connectivity index (χ0v) is 14.7. The van der Waals surface area contributed by atoms with Gasteiger partial charge in [0.1, 0.15) is 0 Å². The molecule has 0 bridgehead atoms. The van der Waals surface area contributed by atoms with E-state index in [0.29, 0.717) is 13.1 Å². The van der Waals surface area contributed by atoms with Crippen molar-refractivity contribution in [2.45, 2.75) is 24.8 Å². The van der Waals surface area contributed by atoms with Gasteiger partial charge in [0, 0.05) is 25.8 Å². The van der Waals surface area contributed by atoms with Gasteiger partial charge in [-0.1, -0.05) is 13.8 Å². The van der Waals surface area contributed by atoms with Gasteiger partial charge in [0.25, 0.3) is 5.91 Å². The molecule has 0 aliphatic rings. The van der Waals surface area contributed by atoms with Crippen LogP contribution in [0.25, 0.3) is 0 Å². The van der Waals surface area contributed by atoms with Crippen LogP contribution in [-0.4, -0.2) is 62.6 Å². The number of hydrogen-bond acceptors (Lipinski definition) is 5. The van der Waals surface area contributed by atoms with Gasteiger partial charge in [-0.05, 0) is 24.3 Å². The summed E-state index contributed by atoms with van der Waals surface area (Å²) in [5, 5.41) is 11.3. The predicted octanol–water partition coefficient (Wildman–Crippen LogP) is 0.547. The van der Waals surface area contributed by atoms with Crippen LogP contribution in [0.5, 0.6) is 0 Å². The summed E-state index contributed by atoms with van der Waals surface area (Å²) in [6.07, 6.45) is -1.14. The standard InChI is InChI=1S/C15H22N2O6S/c1-4-17(5-2)24(21,22)12-8-6-11(7-9-12)14(18)16-10-13(23-3)15(19)20/h6-9,13H,4-5,10H2,1-3H3,(H,16,18)(H,19,20). The van der Waals surface area contributed by atoms with Gasteiger partial charge >= 0.3 is 5.97 Å². The van der Waals surface area contributed by atoms with Crippen molar-refractivity contribution in [3.8, 4) is 0 Å². The van der Waals surface area contributed by atoms with Crippen molar-refractivity contribution in [2.75, 3.05) is 26.7 Å². The Morgan fingerprint density at radius 1 is 1.21 bits per heavy atom. The lowest BCUT2D eigenvalue weighted by atomic mass is 10.2. The number of aliphatic carboxylic acids is 1. The second-order valence-electron chi connectivity index (χ2n) is 4.89. The molecule has 0 fully saturated rings. The largest absolute Gasteiger partial charge is 0.479 e. The Morgan fingerprint density at radius 2 is 1.75 bits per heavy atom. The molecule has 0 aromatic heterocycles. The fourth-order valence-corrected chi connectivity index (χ4v) is 3.51. The van der Waals surface area contributed by atoms with Crippen LogP contribution < -0.4 is 5.32 Å². The molecule has 1 aromatic carbocycles. The maximum atomic E-state index is 12.3. The van der Waals surface area contributed by atoms with E-state index in [9.17, 15) is 18.0 Å². The number of benzene rings is 1. The van der Waals surface area contributed by atoms with Gasteiger partial charge in [0.2, 0.25) is 10.0 Å². The van der Waals surface area contributed by atoms with Gasteiger partial charge in [-0.15, -0.1) is 0 Å². The number of amides is 1. The van der Waals surface area contributed by atoms with Crippen molar-refractivity contribution in [3.63, 3.8) is 0 Å². The van der Waals surface area contributed by atoms with Crippen molar-refractivity contribution >= 4 is 21.9 Å². The summed E-state index contributed by atoms with van der Waals surface area (Å²) in [4.78, 5) is 22.9. The molecule has 1 amide bonds. The Labute approximate surface area is 141 Å². The zero-order chi connectivity index (χ0) is 18.3. The summed E-state index contributed by atoms with van der Waals surface area (Å²) >= 11 is 0. The zero-order valence-electron chi connectivity index (χ0n) is 13.9. The van der Waals surface area contributed by atoms with Crippen LogP contribution in [0.3, 0.4) is 0 Å². The molecule has 8 nitrogen and oxygen atoms in total. The number of sulfonamides is 1. The minimum Gasteiger partial charge on any atom is -0.479 e.